The molecule has 0 aromatic carbocycles. The first kappa shape index (κ1) is 10.2. The highest BCUT2D eigenvalue weighted by Crippen LogP contribution is 2.35. The van der Waals surface area contributed by atoms with E-state index in [2.05, 4.69) is 4.98 Å². The summed E-state index contributed by atoms with van der Waals surface area (Å²) in [6, 6.07) is 1.33. The second-order valence-electron chi connectivity index (χ2n) is 3.46. The maximum atomic E-state index is 13.3. The van der Waals surface area contributed by atoms with E-state index >= 15 is 0 Å². The summed E-state index contributed by atoms with van der Waals surface area (Å²) >= 11 is 7.16. The summed E-state index contributed by atoms with van der Waals surface area (Å²) in [6.45, 7) is 0. The van der Waals surface area contributed by atoms with Crippen LogP contribution < -0.4 is 0 Å². The van der Waals surface area contributed by atoms with Gasteiger partial charge in [0.2, 0.25) is 0 Å². The smallest absolute Gasteiger partial charge is 0.156 e. The fourth-order valence-electron chi connectivity index (χ4n) is 1.65. The van der Waals surface area contributed by atoms with Gasteiger partial charge in [-0.05, 0) is 18.9 Å². The van der Waals surface area contributed by atoms with Gasteiger partial charge in [0.05, 0.1) is 5.02 Å². The van der Waals surface area contributed by atoms with Crippen LogP contribution in [0.5, 0.6) is 0 Å². The molecule has 2 rings (SSSR count). The molecular formula is C10H11ClFNS. The maximum absolute atomic E-state index is 13.3. The third-order valence-corrected chi connectivity index (χ3v) is 3.89. The first-order valence-electron chi connectivity index (χ1n) is 4.73. The van der Waals surface area contributed by atoms with Crippen molar-refractivity contribution in [3.63, 3.8) is 0 Å². The highest BCUT2D eigenvalue weighted by atomic mass is 35.5. The Kier molecular flexibility index (Phi) is 3.29. The standard InChI is InChI=1S/C10H11ClFNS/c11-7-5-9(12)10(13-6-7)14-8-3-1-2-4-8/h5-6,8H,1-4H2. The van der Waals surface area contributed by atoms with Gasteiger partial charge in [0.25, 0.3) is 0 Å². The van der Waals surface area contributed by atoms with Crippen molar-refractivity contribution in [1.82, 2.24) is 4.98 Å². The fraction of sp³-hybridized carbons (Fsp3) is 0.500. The Morgan fingerprint density at radius 3 is 2.79 bits per heavy atom. The van der Waals surface area contributed by atoms with Crippen LogP contribution in [0.15, 0.2) is 17.3 Å². The van der Waals surface area contributed by atoms with E-state index in [0.717, 1.165) is 0 Å². The number of thioether (sulfide) groups is 1. The van der Waals surface area contributed by atoms with E-state index in [0.29, 0.717) is 15.3 Å². The summed E-state index contributed by atoms with van der Waals surface area (Å²) in [5, 5.41) is 1.39. The second-order valence-corrected chi connectivity index (χ2v) is 5.19. The van der Waals surface area contributed by atoms with Gasteiger partial charge in [-0.1, -0.05) is 24.4 Å². The molecule has 0 amide bonds. The van der Waals surface area contributed by atoms with Crippen molar-refractivity contribution in [2.45, 2.75) is 36.0 Å². The molecule has 0 aliphatic heterocycles. The third kappa shape index (κ3) is 2.39. The fourth-order valence-corrected chi connectivity index (χ4v) is 2.97. The predicted octanol–water partition coefficient (Wildman–Crippen LogP) is 3.91. The quantitative estimate of drug-likeness (QED) is 0.766. The molecule has 1 saturated carbocycles. The van der Waals surface area contributed by atoms with Crippen molar-refractivity contribution in [2.75, 3.05) is 0 Å². The Labute approximate surface area is 92.1 Å². The van der Waals surface area contributed by atoms with Crippen LogP contribution >= 0.6 is 23.4 Å². The number of aromatic nitrogens is 1. The molecule has 4 heteroatoms. The number of pyridine rings is 1. The van der Waals surface area contributed by atoms with E-state index < -0.39 is 0 Å². The second kappa shape index (κ2) is 4.49. The van der Waals surface area contributed by atoms with Crippen LogP contribution in [0, 0.1) is 5.82 Å². The average Bonchev–Trinajstić information content (AvgIpc) is 2.62. The zero-order chi connectivity index (χ0) is 9.97. The number of nitrogens with zero attached hydrogens (tertiary/aromatic N) is 1. The summed E-state index contributed by atoms with van der Waals surface area (Å²) < 4.78 is 13.3. The van der Waals surface area contributed by atoms with E-state index in [4.69, 9.17) is 11.6 Å². The molecule has 0 radical (unpaired) electrons. The van der Waals surface area contributed by atoms with Crippen molar-refractivity contribution in [1.29, 1.82) is 0 Å². The minimum absolute atomic E-state index is 0.297. The summed E-state index contributed by atoms with van der Waals surface area (Å²) in [5.41, 5.74) is 0. The van der Waals surface area contributed by atoms with Crippen LogP contribution in [-0.2, 0) is 0 Å². The van der Waals surface area contributed by atoms with Crippen LogP contribution in [0.25, 0.3) is 0 Å². The Bertz CT molecular complexity index is 326. The number of hydrogen-bond acceptors (Lipinski definition) is 2. The Hall–Kier alpha value is -0.280. The van der Waals surface area contributed by atoms with Crippen molar-refractivity contribution < 1.29 is 4.39 Å². The van der Waals surface area contributed by atoms with Crippen molar-refractivity contribution in [3.8, 4) is 0 Å². The molecule has 0 bridgehead atoms. The first-order chi connectivity index (χ1) is 6.75. The van der Waals surface area contributed by atoms with Crippen molar-refractivity contribution in [3.05, 3.63) is 23.1 Å². The third-order valence-electron chi connectivity index (χ3n) is 2.35. The Morgan fingerprint density at radius 1 is 1.43 bits per heavy atom. The van der Waals surface area contributed by atoms with Gasteiger partial charge >= 0.3 is 0 Å². The number of halogens is 2. The van der Waals surface area contributed by atoms with Crippen LogP contribution in [0.1, 0.15) is 25.7 Å². The molecule has 1 aliphatic rings. The topological polar surface area (TPSA) is 12.9 Å². The molecule has 1 fully saturated rings. The van der Waals surface area contributed by atoms with Crippen LogP contribution in [0.3, 0.4) is 0 Å². The highest BCUT2D eigenvalue weighted by molar-refractivity contribution is 7.99. The first-order valence-corrected chi connectivity index (χ1v) is 5.99. The molecular weight excluding hydrogens is 221 g/mol. The summed E-state index contributed by atoms with van der Waals surface area (Å²) in [5.74, 6) is -0.297. The van der Waals surface area contributed by atoms with Crippen LogP contribution in [0.4, 0.5) is 4.39 Å². The van der Waals surface area contributed by atoms with E-state index in [1.54, 1.807) is 11.8 Å². The summed E-state index contributed by atoms with van der Waals surface area (Å²) in [4.78, 5) is 4.00. The van der Waals surface area contributed by atoms with Gasteiger partial charge in [0.15, 0.2) is 5.82 Å². The van der Waals surface area contributed by atoms with Crippen molar-refractivity contribution >= 4 is 23.4 Å². The Balaban J connectivity index is 2.08. The lowest BCUT2D eigenvalue weighted by molar-refractivity contribution is 0.587. The van der Waals surface area contributed by atoms with Gasteiger partial charge in [-0.15, -0.1) is 11.8 Å². The largest absolute Gasteiger partial charge is 0.245 e. The lowest BCUT2D eigenvalue weighted by Crippen LogP contribution is -1.96. The molecule has 1 nitrogen and oxygen atoms in total. The molecule has 0 atom stereocenters. The molecule has 76 valence electrons. The highest BCUT2D eigenvalue weighted by Gasteiger charge is 2.18. The molecule has 0 unspecified atom stereocenters. The summed E-state index contributed by atoms with van der Waals surface area (Å²) in [7, 11) is 0. The van der Waals surface area contributed by atoms with Gasteiger partial charge in [-0.25, -0.2) is 9.37 Å². The molecule has 1 aromatic rings. The SMILES string of the molecule is Fc1cc(Cl)cnc1SC1CCCC1. The minimum Gasteiger partial charge on any atom is -0.245 e. The average molecular weight is 232 g/mol. The summed E-state index contributed by atoms with van der Waals surface area (Å²) in [6.07, 6.45) is 6.37. The van der Waals surface area contributed by atoms with E-state index in [-0.39, 0.29) is 5.82 Å². The zero-order valence-electron chi connectivity index (χ0n) is 7.67. The number of rotatable bonds is 2. The molecule has 0 N–H and O–H groups in total. The van der Waals surface area contributed by atoms with E-state index in [1.165, 1.54) is 37.9 Å². The van der Waals surface area contributed by atoms with E-state index in [1.807, 2.05) is 0 Å². The molecule has 0 saturated heterocycles. The Morgan fingerprint density at radius 2 is 2.14 bits per heavy atom. The van der Waals surface area contributed by atoms with Gasteiger partial charge in [0, 0.05) is 11.4 Å². The predicted molar refractivity (Wildman–Crippen MR) is 57.3 cm³/mol. The molecule has 1 heterocycles. The molecule has 14 heavy (non-hydrogen) atoms. The van der Waals surface area contributed by atoms with Gasteiger partial charge in [0.1, 0.15) is 5.03 Å². The normalized spacial score (nSPS) is 17.6. The van der Waals surface area contributed by atoms with E-state index in [9.17, 15) is 4.39 Å². The van der Waals surface area contributed by atoms with Gasteiger partial charge in [-0.2, -0.15) is 0 Å². The molecule has 1 aromatic heterocycles. The molecule has 1 aliphatic carbocycles. The lowest BCUT2D eigenvalue weighted by Gasteiger charge is -2.07. The number of hydrogen-bond donors (Lipinski definition) is 0. The monoisotopic (exact) mass is 231 g/mol. The van der Waals surface area contributed by atoms with Crippen LogP contribution in [0.2, 0.25) is 5.02 Å². The van der Waals surface area contributed by atoms with Crippen LogP contribution in [-0.4, -0.2) is 10.2 Å². The molecule has 0 spiro atoms. The van der Waals surface area contributed by atoms with Gasteiger partial charge < -0.3 is 0 Å². The zero-order valence-corrected chi connectivity index (χ0v) is 9.24. The van der Waals surface area contributed by atoms with Gasteiger partial charge in [-0.3, -0.25) is 0 Å². The maximum Gasteiger partial charge on any atom is 0.156 e. The minimum atomic E-state index is -0.297. The lowest BCUT2D eigenvalue weighted by atomic mass is 10.4. The van der Waals surface area contributed by atoms with Crippen molar-refractivity contribution in [2.24, 2.45) is 0 Å².